The SMILES string of the molecule is C1=Cc2ccccc2CC=N1.CC1=c2ccc3c(c2CCC1)CC=c1c(F)cccc1=3. The van der Waals surface area contributed by atoms with Crippen molar-refractivity contribution in [3.8, 4) is 0 Å². The first-order chi connectivity index (χ1) is 15.2. The van der Waals surface area contributed by atoms with Crippen LogP contribution in [0.1, 0.15) is 42.0 Å². The van der Waals surface area contributed by atoms with E-state index in [9.17, 15) is 4.39 Å². The summed E-state index contributed by atoms with van der Waals surface area (Å²) < 4.78 is 13.9. The molecule has 0 atom stereocenters. The lowest BCUT2D eigenvalue weighted by molar-refractivity contribution is 0.616. The number of hydrogen-bond acceptors (Lipinski definition) is 1. The lowest BCUT2D eigenvalue weighted by Crippen LogP contribution is -2.22. The Labute approximate surface area is 182 Å². The van der Waals surface area contributed by atoms with Crippen molar-refractivity contribution in [2.45, 2.75) is 39.0 Å². The van der Waals surface area contributed by atoms with Crippen LogP contribution in [-0.2, 0) is 19.3 Å². The third-order valence-electron chi connectivity index (χ3n) is 6.53. The first-order valence-corrected chi connectivity index (χ1v) is 11.1. The number of benzene rings is 3. The molecule has 154 valence electrons. The van der Waals surface area contributed by atoms with Crippen LogP contribution < -0.4 is 10.4 Å². The van der Waals surface area contributed by atoms with Gasteiger partial charge < -0.3 is 0 Å². The highest BCUT2D eigenvalue weighted by Gasteiger charge is 2.14. The Morgan fingerprint density at radius 2 is 1.68 bits per heavy atom. The molecule has 3 aromatic carbocycles. The van der Waals surface area contributed by atoms with E-state index in [0.717, 1.165) is 29.7 Å². The Hall–Kier alpha value is -3.26. The first-order valence-electron chi connectivity index (χ1n) is 11.1. The van der Waals surface area contributed by atoms with E-state index >= 15 is 0 Å². The number of nitrogens with zero attached hydrogens (tertiary/aromatic N) is 1. The molecule has 0 N–H and O–H groups in total. The van der Waals surface area contributed by atoms with E-state index in [1.54, 1.807) is 6.07 Å². The molecule has 1 nitrogen and oxygen atoms in total. The Morgan fingerprint density at radius 3 is 2.61 bits per heavy atom. The molecule has 0 saturated carbocycles. The normalized spacial score (nSPS) is 15.4. The summed E-state index contributed by atoms with van der Waals surface area (Å²) >= 11 is 0. The van der Waals surface area contributed by atoms with E-state index in [0.29, 0.717) is 0 Å². The van der Waals surface area contributed by atoms with Gasteiger partial charge in [-0.15, -0.1) is 0 Å². The predicted octanol–water partition coefficient (Wildman–Crippen LogP) is 5.24. The van der Waals surface area contributed by atoms with E-state index in [2.05, 4.69) is 54.4 Å². The molecule has 0 spiro atoms. The highest BCUT2D eigenvalue weighted by atomic mass is 19.1. The van der Waals surface area contributed by atoms with Gasteiger partial charge in [0.2, 0.25) is 0 Å². The van der Waals surface area contributed by atoms with Crippen LogP contribution in [0.2, 0.25) is 0 Å². The minimum atomic E-state index is -0.103. The molecule has 0 amide bonds. The first kappa shape index (κ1) is 19.7. The summed E-state index contributed by atoms with van der Waals surface area (Å²) in [5, 5.41) is 4.49. The third kappa shape index (κ3) is 3.79. The maximum atomic E-state index is 13.9. The summed E-state index contributed by atoms with van der Waals surface area (Å²) in [5.74, 6) is -0.103. The van der Waals surface area contributed by atoms with Crippen molar-refractivity contribution >= 4 is 23.9 Å². The smallest absolute Gasteiger partial charge is 0.130 e. The van der Waals surface area contributed by atoms with Crippen LogP contribution >= 0.6 is 0 Å². The van der Waals surface area contributed by atoms with E-state index < -0.39 is 0 Å². The maximum absolute atomic E-state index is 13.9. The molecular formula is C29H26FN. The van der Waals surface area contributed by atoms with Gasteiger partial charge in [0, 0.05) is 24.1 Å². The zero-order valence-corrected chi connectivity index (χ0v) is 17.9. The van der Waals surface area contributed by atoms with Crippen molar-refractivity contribution in [3.05, 3.63) is 110 Å². The van der Waals surface area contributed by atoms with Gasteiger partial charge in [0.15, 0.2) is 0 Å². The maximum Gasteiger partial charge on any atom is 0.130 e. The standard InChI is InChI=1S/C19H17F.C10H9N/c1-12-4-2-5-14-13(12)8-9-17-15-6-3-7-19(20)18(15)11-10-16(14)17;1-2-4-10-6-8-11-7-5-9(10)3-1/h3,6-9,11H,2,4-5,10H2,1H3;1-5,7-8H,6H2. The van der Waals surface area contributed by atoms with Gasteiger partial charge in [-0.25, -0.2) is 4.39 Å². The van der Waals surface area contributed by atoms with Gasteiger partial charge in [-0.05, 0) is 82.7 Å². The van der Waals surface area contributed by atoms with Crippen molar-refractivity contribution < 1.29 is 4.39 Å². The summed E-state index contributed by atoms with van der Waals surface area (Å²) in [6, 6.07) is 18.2. The molecule has 0 saturated heterocycles. The van der Waals surface area contributed by atoms with Crippen LogP contribution in [0.3, 0.4) is 0 Å². The topological polar surface area (TPSA) is 12.4 Å². The van der Waals surface area contributed by atoms with E-state index in [4.69, 9.17) is 0 Å². The fourth-order valence-corrected chi connectivity index (χ4v) is 4.93. The van der Waals surface area contributed by atoms with Crippen molar-refractivity contribution in [1.29, 1.82) is 0 Å². The second-order valence-electron chi connectivity index (χ2n) is 8.41. The number of hydrogen-bond donors (Lipinski definition) is 0. The highest BCUT2D eigenvalue weighted by molar-refractivity contribution is 5.69. The van der Waals surface area contributed by atoms with Gasteiger partial charge in [-0.3, -0.25) is 4.99 Å². The fraction of sp³-hybridized carbons (Fsp3) is 0.207. The molecule has 6 rings (SSSR count). The van der Waals surface area contributed by atoms with Crippen molar-refractivity contribution in [2.75, 3.05) is 0 Å². The lowest BCUT2D eigenvalue weighted by atomic mass is 9.86. The largest absolute Gasteiger partial charge is 0.269 e. The third-order valence-corrected chi connectivity index (χ3v) is 6.53. The average Bonchev–Trinajstić information content (AvgIpc) is 3.05. The molecule has 1 heterocycles. The quantitative estimate of drug-likeness (QED) is 0.483. The molecule has 1 aliphatic heterocycles. The predicted molar refractivity (Wildman–Crippen MR) is 128 cm³/mol. The zero-order valence-electron chi connectivity index (χ0n) is 17.9. The Bertz CT molecular complexity index is 1430. The van der Waals surface area contributed by atoms with E-state index in [-0.39, 0.29) is 5.82 Å². The monoisotopic (exact) mass is 407 g/mol. The molecule has 3 aromatic rings. The summed E-state index contributed by atoms with van der Waals surface area (Å²) in [6.07, 6.45) is 13.3. The minimum absolute atomic E-state index is 0.103. The summed E-state index contributed by atoms with van der Waals surface area (Å²) in [7, 11) is 0. The summed E-state index contributed by atoms with van der Waals surface area (Å²) in [5.41, 5.74) is 7.05. The second kappa shape index (κ2) is 8.47. The van der Waals surface area contributed by atoms with Crippen LogP contribution in [-0.4, -0.2) is 6.21 Å². The lowest BCUT2D eigenvalue weighted by Gasteiger charge is -2.18. The van der Waals surface area contributed by atoms with Crippen LogP contribution in [0.4, 0.5) is 4.39 Å². The van der Waals surface area contributed by atoms with Gasteiger partial charge in [-0.2, -0.15) is 0 Å². The molecule has 0 bridgehead atoms. The molecule has 0 fully saturated rings. The van der Waals surface area contributed by atoms with Gasteiger partial charge in [0.25, 0.3) is 0 Å². The fourth-order valence-electron chi connectivity index (χ4n) is 4.93. The average molecular weight is 408 g/mol. The van der Waals surface area contributed by atoms with Gasteiger partial charge in [-0.1, -0.05) is 60.2 Å². The van der Waals surface area contributed by atoms with Gasteiger partial charge in [0.05, 0.1) is 0 Å². The Kier molecular flexibility index (Phi) is 5.38. The van der Waals surface area contributed by atoms with Gasteiger partial charge >= 0.3 is 0 Å². The molecule has 2 aliphatic carbocycles. The van der Waals surface area contributed by atoms with Crippen LogP contribution in [0.15, 0.2) is 65.8 Å². The number of aliphatic imine (C=N–C) groups is 1. The molecule has 0 unspecified atom stereocenters. The molecule has 31 heavy (non-hydrogen) atoms. The highest BCUT2D eigenvalue weighted by Crippen LogP contribution is 2.20. The molecule has 3 aliphatic rings. The molecule has 0 radical (unpaired) electrons. The van der Waals surface area contributed by atoms with E-state index in [1.807, 2.05) is 30.6 Å². The minimum Gasteiger partial charge on any atom is -0.269 e. The molecular weight excluding hydrogens is 381 g/mol. The van der Waals surface area contributed by atoms with Crippen LogP contribution in [0.25, 0.3) is 17.7 Å². The molecule has 2 heteroatoms. The summed E-state index contributed by atoms with van der Waals surface area (Å²) in [4.78, 5) is 4.08. The van der Waals surface area contributed by atoms with Crippen molar-refractivity contribution in [3.63, 3.8) is 0 Å². The number of halogens is 1. The number of rotatable bonds is 0. The Morgan fingerprint density at radius 1 is 0.806 bits per heavy atom. The van der Waals surface area contributed by atoms with Crippen LogP contribution in [0, 0.1) is 16.3 Å². The number of fused-ring (bicyclic) bond motifs is 5. The Balaban J connectivity index is 0.000000157. The van der Waals surface area contributed by atoms with Crippen molar-refractivity contribution in [2.24, 2.45) is 4.99 Å². The van der Waals surface area contributed by atoms with Crippen LogP contribution in [0.5, 0.6) is 0 Å². The zero-order chi connectivity index (χ0) is 21.2. The van der Waals surface area contributed by atoms with Crippen molar-refractivity contribution in [1.82, 2.24) is 0 Å². The van der Waals surface area contributed by atoms with E-state index in [1.165, 1.54) is 51.1 Å². The van der Waals surface area contributed by atoms with Gasteiger partial charge in [0.1, 0.15) is 5.82 Å². The molecule has 0 aromatic heterocycles. The summed E-state index contributed by atoms with van der Waals surface area (Å²) in [6.45, 7) is 2.24. The second-order valence-corrected chi connectivity index (χ2v) is 8.41.